The number of hydrogen-bond donors (Lipinski definition) is 0. The molecule has 2 aliphatic rings. The van der Waals surface area contributed by atoms with Crippen LogP contribution in [0, 0.1) is 0 Å². The minimum Gasteiger partial charge on any atom is -0.228 e. The molecule has 0 bridgehead atoms. The molecule has 0 unspecified atom stereocenters. The standard InChI is InChI=1S/C56H38N2S2/c1-55(2)42-19-7-8-20-43(42)56(44-21-9-12-25-50(44)60-51-26-13-10-22-45(51)56)46-23-14-18-39(53(46)55)35-27-29-37(30-28-35)48-34-47(36-15-4-3-5-16-36)57-54(58-48)38-31-32-41-40-17-6-11-24-49(40)59-52(41)33-38/h3-34H,1-2H3. The van der Waals surface area contributed by atoms with E-state index in [1.807, 2.05) is 23.1 Å². The van der Waals surface area contributed by atoms with Gasteiger partial charge < -0.3 is 0 Å². The van der Waals surface area contributed by atoms with E-state index >= 15 is 0 Å². The first-order valence-corrected chi connectivity index (χ1v) is 22.2. The van der Waals surface area contributed by atoms with Crippen LogP contribution in [0.3, 0.4) is 0 Å². The van der Waals surface area contributed by atoms with Gasteiger partial charge in [-0.05, 0) is 74.8 Å². The van der Waals surface area contributed by atoms with Gasteiger partial charge in [0.25, 0.3) is 0 Å². The summed E-state index contributed by atoms with van der Waals surface area (Å²) in [6.45, 7) is 4.82. The third-order valence-electron chi connectivity index (χ3n) is 12.8. The second-order valence-electron chi connectivity index (χ2n) is 16.5. The highest BCUT2D eigenvalue weighted by molar-refractivity contribution is 7.99. The highest BCUT2D eigenvalue weighted by atomic mass is 32.2. The van der Waals surface area contributed by atoms with Crippen molar-refractivity contribution in [3.8, 4) is 45.0 Å². The molecule has 12 rings (SSSR count). The van der Waals surface area contributed by atoms with E-state index in [0.29, 0.717) is 0 Å². The Labute approximate surface area is 358 Å². The van der Waals surface area contributed by atoms with Gasteiger partial charge in [-0.2, -0.15) is 0 Å². The third kappa shape index (κ3) is 5.21. The molecular weight excluding hydrogens is 765 g/mol. The molecule has 0 fully saturated rings. The van der Waals surface area contributed by atoms with Gasteiger partial charge in [-0.3, -0.25) is 0 Å². The van der Waals surface area contributed by atoms with Gasteiger partial charge in [0.15, 0.2) is 5.82 Å². The van der Waals surface area contributed by atoms with E-state index in [1.54, 1.807) is 0 Å². The summed E-state index contributed by atoms with van der Waals surface area (Å²) in [5, 5.41) is 2.56. The van der Waals surface area contributed by atoms with Crippen molar-refractivity contribution in [2.45, 2.75) is 34.5 Å². The van der Waals surface area contributed by atoms with Crippen molar-refractivity contribution in [2.24, 2.45) is 0 Å². The fourth-order valence-electron chi connectivity index (χ4n) is 10.2. The Bertz CT molecular complexity index is 3280. The van der Waals surface area contributed by atoms with E-state index in [-0.39, 0.29) is 5.41 Å². The fourth-order valence-corrected chi connectivity index (χ4v) is 12.5. The molecule has 1 aliphatic heterocycles. The molecule has 0 amide bonds. The SMILES string of the molecule is CC1(C)c2ccccc2C2(c3ccccc3Sc3ccccc32)c2cccc(-c3ccc(-c4cc(-c5ccccc5)nc(-c5ccc6c(c5)sc5ccccc56)n4)cc3)c21. The Morgan fingerprint density at radius 3 is 1.68 bits per heavy atom. The summed E-state index contributed by atoms with van der Waals surface area (Å²) in [4.78, 5) is 13.1. The van der Waals surface area contributed by atoms with Gasteiger partial charge >= 0.3 is 0 Å². The van der Waals surface area contributed by atoms with Crippen molar-refractivity contribution in [1.82, 2.24) is 9.97 Å². The number of fused-ring (bicyclic) bond motifs is 11. The maximum atomic E-state index is 5.27. The average molecular weight is 803 g/mol. The second kappa shape index (κ2) is 13.5. The minimum atomic E-state index is -0.458. The van der Waals surface area contributed by atoms with Crippen molar-refractivity contribution in [3.63, 3.8) is 0 Å². The number of hydrogen-bond acceptors (Lipinski definition) is 4. The monoisotopic (exact) mass is 802 g/mol. The highest BCUT2D eigenvalue weighted by Gasteiger charge is 2.52. The lowest BCUT2D eigenvalue weighted by atomic mass is 9.53. The summed E-state index contributed by atoms with van der Waals surface area (Å²) in [7, 11) is 0. The molecule has 2 aromatic heterocycles. The summed E-state index contributed by atoms with van der Waals surface area (Å²) in [5.74, 6) is 0.726. The number of nitrogens with zero attached hydrogens (tertiary/aromatic N) is 2. The van der Waals surface area contributed by atoms with Gasteiger partial charge in [0.2, 0.25) is 0 Å². The Balaban J connectivity index is 1.02. The maximum Gasteiger partial charge on any atom is 0.160 e. The van der Waals surface area contributed by atoms with E-state index in [4.69, 9.17) is 9.97 Å². The number of benzene rings is 8. The molecule has 1 spiro atoms. The summed E-state index contributed by atoms with van der Waals surface area (Å²) >= 11 is 3.71. The van der Waals surface area contributed by atoms with E-state index in [1.165, 1.54) is 74.5 Å². The van der Waals surface area contributed by atoms with Crippen LogP contribution in [0.15, 0.2) is 204 Å². The molecule has 2 nitrogen and oxygen atoms in total. The van der Waals surface area contributed by atoms with Crippen LogP contribution in [0.2, 0.25) is 0 Å². The Hall–Kier alpha value is -6.59. The normalized spacial score (nSPS) is 14.4. The minimum absolute atomic E-state index is 0.261. The Kier molecular flexibility index (Phi) is 7.94. The Morgan fingerprint density at radius 1 is 0.400 bits per heavy atom. The highest BCUT2D eigenvalue weighted by Crippen LogP contribution is 2.62. The van der Waals surface area contributed by atoms with Crippen LogP contribution in [0.5, 0.6) is 0 Å². The van der Waals surface area contributed by atoms with E-state index in [0.717, 1.165) is 33.9 Å². The van der Waals surface area contributed by atoms with Gasteiger partial charge in [0, 0.05) is 52.1 Å². The molecule has 60 heavy (non-hydrogen) atoms. The number of rotatable bonds is 4. The van der Waals surface area contributed by atoms with Crippen LogP contribution in [-0.2, 0) is 10.8 Å². The molecule has 4 heteroatoms. The van der Waals surface area contributed by atoms with Crippen LogP contribution >= 0.6 is 23.1 Å². The lowest BCUT2D eigenvalue weighted by molar-refractivity contribution is 0.550. The largest absolute Gasteiger partial charge is 0.228 e. The summed E-state index contributed by atoms with van der Waals surface area (Å²) < 4.78 is 2.53. The molecule has 3 heterocycles. The van der Waals surface area contributed by atoms with Crippen LogP contribution in [0.4, 0.5) is 0 Å². The maximum absolute atomic E-state index is 5.27. The van der Waals surface area contributed by atoms with Gasteiger partial charge in [0.05, 0.1) is 16.8 Å². The summed E-state index contributed by atoms with van der Waals surface area (Å²) in [6, 6.07) is 71.2. The predicted octanol–water partition coefficient (Wildman–Crippen LogP) is 15.0. The van der Waals surface area contributed by atoms with Crippen molar-refractivity contribution >= 4 is 43.3 Å². The molecule has 0 saturated carbocycles. The van der Waals surface area contributed by atoms with E-state index in [2.05, 4.69) is 208 Å². The van der Waals surface area contributed by atoms with Crippen molar-refractivity contribution in [2.75, 3.05) is 0 Å². The fraction of sp³-hybridized carbons (Fsp3) is 0.0714. The first kappa shape index (κ1) is 35.4. The lowest BCUT2D eigenvalue weighted by Crippen LogP contribution is -2.43. The first-order chi connectivity index (χ1) is 29.5. The van der Waals surface area contributed by atoms with Crippen LogP contribution in [-0.4, -0.2) is 9.97 Å². The molecule has 1 aliphatic carbocycles. The molecule has 0 saturated heterocycles. The zero-order chi connectivity index (χ0) is 40.0. The summed E-state index contributed by atoms with van der Waals surface area (Å²) in [6.07, 6.45) is 0. The molecule has 284 valence electrons. The molecule has 0 atom stereocenters. The zero-order valence-corrected chi connectivity index (χ0v) is 34.8. The van der Waals surface area contributed by atoms with Crippen LogP contribution in [0.1, 0.15) is 47.2 Å². The summed E-state index contributed by atoms with van der Waals surface area (Å²) in [5.41, 5.74) is 14.9. The number of aromatic nitrogens is 2. The predicted molar refractivity (Wildman–Crippen MR) is 251 cm³/mol. The van der Waals surface area contributed by atoms with Gasteiger partial charge in [-0.25, -0.2) is 9.97 Å². The topological polar surface area (TPSA) is 25.8 Å². The van der Waals surface area contributed by atoms with E-state index < -0.39 is 5.41 Å². The van der Waals surface area contributed by atoms with Crippen molar-refractivity contribution < 1.29 is 0 Å². The van der Waals surface area contributed by atoms with Crippen molar-refractivity contribution in [1.29, 1.82) is 0 Å². The Morgan fingerprint density at radius 2 is 0.950 bits per heavy atom. The zero-order valence-electron chi connectivity index (χ0n) is 33.2. The molecule has 10 aromatic rings. The smallest absolute Gasteiger partial charge is 0.160 e. The number of thiophene rings is 1. The average Bonchev–Trinajstić information content (AvgIpc) is 3.68. The van der Waals surface area contributed by atoms with Gasteiger partial charge in [-0.1, -0.05) is 189 Å². The van der Waals surface area contributed by atoms with Gasteiger partial charge in [0.1, 0.15) is 0 Å². The lowest BCUT2D eigenvalue weighted by Gasteiger charge is -2.51. The molecule has 0 N–H and O–H groups in total. The molecular formula is C56H38N2S2. The third-order valence-corrected chi connectivity index (χ3v) is 15.1. The van der Waals surface area contributed by atoms with Gasteiger partial charge in [-0.15, -0.1) is 11.3 Å². The molecule has 0 radical (unpaired) electrons. The molecule has 8 aromatic carbocycles. The quantitative estimate of drug-likeness (QED) is 0.177. The van der Waals surface area contributed by atoms with E-state index in [9.17, 15) is 0 Å². The van der Waals surface area contributed by atoms with Crippen LogP contribution in [0.25, 0.3) is 65.2 Å². The van der Waals surface area contributed by atoms with Crippen molar-refractivity contribution in [3.05, 3.63) is 228 Å². The van der Waals surface area contributed by atoms with Crippen LogP contribution < -0.4 is 0 Å². The first-order valence-electron chi connectivity index (χ1n) is 20.6. The second-order valence-corrected chi connectivity index (χ2v) is 18.6.